The molecule has 0 radical (unpaired) electrons. The van der Waals surface area contributed by atoms with Crippen LogP contribution >= 0.6 is 12.4 Å². The van der Waals surface area contributed by atoms with Crippen molar-refractivity contribution in [3.8, 4) is 0 Å². The molecule has 0 bridgehead atoms. The molecule has 1 saturated carbocycles. The van der Waals surface area contributed by atoms with E-state index in [4.69, 9.17) is 9.84 Å². The zero-order valence-electron chi connectivity index (χ0n) is 9.85. The molecule has 0 aromatic rings. The minimum absolute atomic E-state index is 0. The summed E-state index contributed by atoms with van der Waals surface area (Å²) in [6.45, 7) is 5.10. The monoisotopic (exact) mass is 261 g/mol. The standard InChI is InChI=1S/C12H19NO3.ClH/c1-2-3-4-5-16-8-12-6-9(11(14)15)13-10(12)7-12;/h2,9-10,13H,1,3-8H2,(H,14,15);1H/t9-,10-,12+;/m0./s1. The number of carbonyl (C=O) groups is 1. The molecule has 1 aliphatic heterocycles. The van der Waals surface area contributed by atoms with Gasteiger partial charge in [-0.15, -0.1) is 19.0 Å². The summed E-state index contributed by atoms with van der Waals surface area (Å²) in [7, 11) is 0. The first-order chi connectivity index (χ1) is 7.68. The van der Waals surface area contributed by atoms with Crippen molar-refractivity contribution in [2.75, 3.05) is 13.2 Å². The average molecular weight is 262 g/mol. The van der Waals surface area contributed by atoms with Crippen LogP contribution in [-0.2, 0) is 9.53 Å². The van der Waals surface area contributed by atoms with Gasteiger partial charge in [-0.3, -0.25) is 4.79 Å². The number of rotatable bonds is 7. The number of aliphatic carboxylic acids is 1. The molecule has 0 aromatic heterocycles. The molecule has 2 N–H and O–H groups in total. The number of hydrogen-bond donors (Lipinski definition) is 2. The summed E-state index contributed by atoms with van der Waals surface area (Å²) >= 11 is 0. The highest BCUT2D eigenvalue weighted by Crippen LogP contribution is 2.54. The van der Waals surface area contributed by atoms with Crippen LogP contribution in [0.15, 0.2) is 12.7 Å². The Balaban J connectivity index is 0.00000144. The van der Waals surface area contributed by atoms with Gasteiger partial charge in [0.1, 0.15) is 6.04 Å². The van der Waals surface area contributed by atoms with E-state index in [0.29, 0.717) is 19.1 Å². The van der Waals surface area contributed by atoms with E-state index in [-0.39, 0.29) is 23.9 Å². The van der Waals surface area contributed by atoms with Crippen LogP contribution in [0, 0.1) is 5.41 Å². The molecule has 17 heavy (non-hydrogen) atoms. The van der Waals surface area contributed by atoms with E-state index in [0.717, 1.165) is 25.9 Å². The summed E-state index contributed by atoms with van der Waals surface area (Å²) in [6, 6.07) is 0.00327. The fourth-order valence-electron chi connectivity index (χ4n) is 2.50. The van der Waals surface area contributed by atoms with Gasteiger partial charge in [-0.2, -0.15) is 0 Å². The molecule has 4 nitrogen and oxygen atoms in total. The highest BCUT2D eigenvalue weighted by atomic mass is 35.5. The normalized spacial score (nSPS) is 33.6. The van der Waals surface area contributed by atoms with E-state index in [2.05, 4.69) is 11.9 Å². The third-order valence-corrected chi connectivity index (χ3v) is 3.59. The molecule has 3 atom stereocenters. The Hall–Kier alpha value is -0.580. The van der Waals surface area contributed by atoms with Gasteiger partial charge in [-0.05, 0) is 25.7 Å². The number of carboxylic acids is 1. The third kappa shape index (κ3) is 3.21. The molecule has 2 aliphatic rings. The number of fused-ring (bicyclic) bond motifs is 1. The van der Waals surface area contributed by atoms with E-state index in [1.165, 1.54) is 0 Å². The number of carboxylic acid groups (broad SMARTS) is 1. The first-order valence-electron chi connectivity index (χ1n) is 5.85. The predicted octanol–water partition coefficient (Wildman–Crippen LogP) is 1.60. The van der Waals surface area contributed by atoms with Gasteiger partial charge in [0.2, 0.25) is 0 Å². The van der Waals surface area contributed by atoms with Crippen molar-refractivity contribution in [3.05, 3.63) is 12.7 Å². The molecule has 0 unspecified atom stereocenters. The zero-order chi connectivity index (χ0) is 11.6. The van der Waals surface area contributed by atoms with Gasteiger partial charge in [0.05, 0.1) is 6.61 Å². The molecule has 2 rings (SSSR count). The summed E-state index contributed by atoms with van der Waals surface area (Å²) in [5.74, 6) is -0.738. The quantitative estimate of drug-likeness (QED) is 0.540. The molecule has 5 heteroatoms. The number of nitrogens with one attached hydrogen (secondary N) is 1. The fraction of sp³-hybridized carbons (Fsp3) is 0.750. The molecule has 0 spiro atoms. The topological polar surface area (TPSA) is 58.6 Å². The largest absolute Gasteiger partial charge is 0.480 e. The lowest BCUT2D eigenvalue weighted by Gasteiger charge is -2.13. The molecule has 2 fully saturated rings. The van der Waals surface area contributed by atoms with Gasteiger partial charge in [0, 0.05) is 18.1 Å². The molecular weight excluding hydrogens is 242 g/mol. The van der Waals surface area contributed by atoms with Crippen LogP contribution in [0.4, 0.5) is 0 Å². The van der Waals surface area contributed by atoms with E-state index >= 15 is 0 Å². The highest BCUT2D eigenvalue weighted by Gasteiger charge is 2.61. The molecule has 1 aliphatic carbocycles. The van der Waals surface area contributed by atoms with Gasteiger partial charge in [-0.1, -0.05) is 6.08 Å². The van der Waals surface area contributed by atoms with Crippen molar-refractivity contribution in [1.82, 2.24) is 5.32 Å². The number of ether oxygens (including phenoxy) is 1. The molecule has 98 valence electrons. The lowest BCUT2D eigenvalue weighted by molar-refractivity contribution is -0.139. The zero-order valence-corrected chi connectivity index (χ0v) is 10.7. The van der Waals surface area contributed by atoms with Crippen molar-refractivity contribution in [2.24, 2.45) is 5.41 Å². The minimum atomic E-state index is -0.738. The van der Waals surface area contributed by atoms with Gasteiger partial charge in [0.25, 0.3) is 0 Å². The van der Waals surface area contributed by atoms with Crippen LogP contribution in [0.1, 0.15) is 25.7 Å². The fourth-order valence-corrected chi connectivity index (χ4v) is 2.50. The summed E-state index contributed by atoms with van der Waals surface area (Å²) in [4.78, 5) is 10.8. The number of hydrogen-bond acceptors (Lipinski definition) is 3. The van der Waals surface area contributed by atoms with Gasteiger partial charge in [-0.25, -0.2) is 0 Å². The molecule has 1 saturated heterocycles. The Morgan fingerprint density at radius 3 is 2.94 bits per heavy atom. The Morgan fingerprint density at radius 2 is 2.35 bits per heavy atom. The number of piperidine rings is 1. The van der Waals surface area contributed by atoms with Crippen LogP contribution in [0.3, 0.4) is 0 Å². The van der Waals surface area contributed by atoms with Crippen LogP contribution in [-0.4, -0.2) is 36.4 Å². The molecular formula is C12H20ClNO3. The van der Waals surface area contributed by atoms with Crippen molar-refractivity contribution in [1.29, 1.82) is 0 Å². The minimum Gasteiger partial charge on any atom is -0.480 e. The second kappa shape index (κ2) is 5.85. The van der Waals surface area contributed by atoms with Crippen molar-refractivity contribution < 1.29 is 14.6 Å². The lowest BCUT2D eigenvalue weighted by atomic mass is 10.0. The summed E-state index contributed by atoms with van der Waals surface area (Å²) in [6.07, 6.45) is 5.65. The number of unbranched alkanes of at least 4 members (excludes halogenated alkanes) is 1. The predicted molar refractivity (Wildman–Crippen MR) is 67.5 cm³/mol. The van der Waals surface area contributed by atoms with Gasteiger partial charge >= 0.3 is 5.97 Å². The second-order valence-corrected chi connectivity index (χ2v) is 4.86. The number of halogens is 1. The number of allylic oxidation sites excluding steroid dienone is 1. The SMILES string of the molecule is C=CCCCOC[C@]12C[C@@H](C(=O)O)N[C@H]1C2.Cl. The van der Waals surface area contributed by atoms with Crippen LogP contribution < -0.4 is 5.32 Å². The molecule has 1 heterocycles. The average Bonchev–Trinajstić information content (AvgIpc) is 2.80. The molecule has 0 aromatic carbocycles. The summed E-state index contributed by atoms with van der Waals surface area (Å²) < 4.78 is 5.61. The Labute approximate surface area is 108 Å². The van der Waals surface area contributed by atoms with Crippen LogP contribution in [0.2, 0.25) is 0 Å². The van der Waals surface area contributed by atoms with Crippen LogP contribution in [0.25, 0.3) is 0 Å². The van der Waals surface area contributed by atoms with Gasteiger partial charge < -0.3 is 15.2 Å². The maximum Gasteiger partial charge on any atom is 0.320 e. The van der Waals surface area contributed by atoms with E-state index in [1.54, 1.807) is 0 Å². The molecule has 0 amide bonds. The Bertz CT molecular complexity index is 297. The Kier molecular flexibility index (Phi) is 4.98. The first kappa shape index (κ1) is 14.5. The first-order valence-corrected chi connectivity index (χ1v) is 5.85. The highest BCUT2D eigenvalue weighted by molar-refractivity contribution is 5.85. The van der Waals surface area contributed by atoms with E-state index < -0.39 is 5.97 Å². The summed E-state index contributed by atoms with van der Waals surface area (Å²) in [5, 5.41) is 12.0. The maximum atomic E-state index is 10.8. The van der Waals surface area contributed by atoms with E-state index in [1.807, 2.05) is 6.08 Å². The van der Waals surface area contributed by atoms with Gasteiger partial charge in [0.15, 0.2) is 0 Å². The van der Waals surface area contributed by atoms with Crippen molar-refractivity contribution in [3.63, 3.8) is 0 Å². The maximum absolute atomic E-state index is 10.8. The Morgan fingerprint density at radius 1 is 1.59 bits per heavy atom. The van der Waals surface area contributed by atoms with Crippen LogP contribution in [0.5, 0.6) is 0 Å². The summed E-state index contributed by atoms with van der Waals surface area (Å²) in [5.41, 5.74) is 0.122. The van der Waals surface area contributed by atoms with Crippen molar-refractivity contribution >= 4 is 18.4 Å². The second-order valence-electron chi connectivity index (χ2n) is 4.86. The lowest BCUT2D eigenvalue weighted by Crippen LogP contribution is -2.33. The van der Waals surface area contributed by atoms with E-state index in [9.17, 15) is 4.79 Å². The smallest absolute Gasteiger partial charge is 0.320 e. The van der Waals surface area contributed by atoms with Crippen molar-refractivity contribution in [2.45, 2.75) is 37.8 Å². The third-order valence-electron chi connectivity index (χ3n) is 3.59.